The molecule has 2 unspecified atom stereocenters. The maximum atomic E-state index is 3.79. The molecule has 1 rings (SSSR count). The van der Waals surface area contributed by atoms with Gasteiger partial charge in [0.05, 0.1) is 0 Å². The van der Waals surface area contributed by atoms with Gasteiger partial charge in [0, 0.05) is 6.04 Å². The van der Waals surface area contributed by atoms with Crippen molar-refractivity contribution in [3.05, 3.63) is 12.7 Å². The van der Waals surface area contributed by atoms with Crippen molar-refractivity contribution in [2.75, 3.05) is 6.54 Å². The lowest BCUT2D eigenvalue weighted by molar-refractivity contribution is 0.488. The topological polar surface area (TPSA) is 12.0 Å². The molecule has 1 saturated carbocycles. The zero-order chi connectivity index (χ0) is 8.81. The summed E-state index contributed by atoms with van der Waals surface area (Å²) in [5.74, 6) is 0.914. The molecule has 1 heteroatoms. The highest BCUT2D eigenvalue weighted by Gasteiger charge is 2.22. The molecule has 0 saturated heterocycles. The second-order valence-electron chi connectivity index (χ2n) is 3.85. The summed E-state index contributed by atoms with van der Waals surface area (Å²) >= 11 is 0. The monoisotopic (exact) mass is 167 g/mol. The van der Waals surface area contributed by atoms with Gasteiger partial charge in [-0.1, -0.05) is 13.0 Å². The zero-order valence-electron chi connectivity index (χ0n) is 8.18. The van der Waals surface area contributed by atoms with Crippen LogP contribution in [0.2, 0.25) is 0 Å². The van der Waals surface area contributed by atoms with Gasteiger partial charge in [-0.3, -0.25) is 0 Å². The van der Waals surface area contributed by atoms with Crippen molar-refractivity contribution < 1.29 is 0 Å². The Morgan fingerprint density at radius 3 is 3.00 bits per heavy atom. The van der Waals surface area contributed by atoms with Gasteiger partial charge in [-0.15, -0.1) is 6.58 Å². The van der Waals surface area contributed by atoms with Crippen LogP contribution in [0.15, 0.2) is 12.7 Å². The molecular weight excluding hydrogens is 146 g/mol. The summed E-state index contributed by atoms with van der Waals surface area (Å²) < 4.78 is 0. The second kappa shape index (κ2) is 5.36. The van der Waals surface area contributed by atoms with Crippen molar-refractivity contribution in [1.82, 2.24) is 5.32 Å². The van der Waals surface area contributed by atoms with E-state index in [9.17, 15) is 0 Å². The predicted octanol–water partition coefficient (Wildman–Crippen LogP) is 2.73. The molecule has 1 aliphatic rings. The first-order valence-electron chi connectivity index (χ1n) is 5.21. The minimum absolute atomic E-state index is 0.801. The van der Waals surface area contributed by atoms with Crippen molar-refractivity contribution >= 4 is 0 Å². The predicted molar refractivity (Wildman–Crippen MR) is 54.2 cm³/mol. The summed E-state index contributed by atoms with van der Waals surface area (Å²) in [5, 5.41) is 3.59. The molecule has 0 aliphatic heterocycles. The van der Waals surface area contributed by atoms with Gasteiger partial charge in [0.15, 0.2) is 0 Å². The van der Waals surface area contributed by atoms with E-state index in [-0.39, 0.29) is 0 Å². The van der Waals surface area contributed by atoms with Crippen molar-refractivity contribution in [3.8, 4) is 0 Å². The number of allylic oxidation sites excluding steroid dienone is 1. The third-order valence-electron chi connectivity index (χ3n) is 2.72. The van der Waals surface area contributed by atoms with E-state index in [0.717, 1.165) is 12.0 Å². The van der Waals surface area contributed by atoms with Crippen LogP contribution >= 0.6 is 0 Å². The minimum atomic E-state index is 0.801. The van der Waals surface area contributed by atoms with Gasteiger partial charge >= 0.3 is 0 Å². The maximum absolute atomic E-state index is 3.79. The molecule has 0 spiro atoms. The van der Waals surface area contributed by atoms with Crippen LogP contribution in [-0.4, -0.2) is 12.6 Å². The van der Waals surface area contributed by atoms with E-state index in [1.54, 1.807) is 0 Å². The molecule has 1 nitrogen and oxygen atoms in total. The second-order valence-corrected chi connectivity index (χ2v) is 3.85. The summed E-state index contributed by atoms with van der Waals surface area (Å²) in [6.07, 6.45) is 8.66. The van der Waals surface area contributed by atoms with Crippen LogP contribution in [-0.2, 0) is 0 Å². The van der Waals surface area contributed by atoms with Crippen LogP contribution in [0.1, 0.15) is 39.0 Å². The smallest absolute Gasteiger partial charge is 0.00699 e. The normalized spacial score (nSPS) is 29.1. The highest BCUT2D eigenvalue weighted by Crippen LogP contribution is 2.28. The Hall–Kier alpha value is -0.300. The molecule has 0 aromatic rings. The molecule has 0 radical (unpaired) electrons. The fourth-order valence-electron chi connectivity index (χ4n) is 2.06. The van der Waals surface area contributed by atoms with E-state index in [1.807, 2.05) is 0 Å². The van der Waals surface area contributed by atoms with E-state index in [2.05, 4.69) is 24.9 Å². The van der Waals surface area contributed by atoms with Gasteiger partial charge in [-0.05, 0) is 44.6 Å². The van der Waals surface area contributed by atoms with Crippen molar-refractivity contribution in [3.63, 3.8) is 0 Å². The molecule has 2 atom stereocenters. The first kappa shape index (κ1) is 9.79. The van der Waals surface area contributed by atoms with E-state index in [1.165, 1.54) is 38.6 Å². The summed E-state index contributed by atoms with van der Waals surface area (Å²) in [5.41, 5.74) is 0. The summed E-state index contributed by atoms with van der Waals surface area (Å²) in [4.78, 5) is 0. The molecular formula is C11H21N. The Balaban J connectivity index is 2.12. The van der Waals surface area contributed by atoms with Gasteiger partial charge in [0.25, 0.3) is 0 Å². The molecule has 1 fully saturated rings. The molecule has 1 N–H and O–H groups in total. The number of hydrogen-bond donors (Lipinski definition) is 1. The van der Waals surface area contributed by atoms with Crippen molar-refractivity contribution in [2.24, 2.45) is 5.92 Å². The van der Waals surface area contributed by atoms with Crippen LogP contribution in [0, 0.1) is 5.92 Å². The Bertz CT molecular complexity index is 131. The van der Waals surface area contributed by atoms with Crippen molar-refractivity contribution in [1.29, 1.82) is 0 Å². The van der Waals surface area contributed by atoms with E-state index in [4.69, 9.17) is 0 Å². The van der Waals surface area contributed by atoms with E-state index in [0.29, 0.717) is 0 Å². The molecule has 0 bridgehead atoms. The van der Waals surface area contributed by atoms with Crippen LogP contribution in [0.25, 0.3) is 0 Å². The average molecular weight is 167 g/mol. The largest absolute Gasteiger partial charge is 0.314 e. The highest BCUT2D eigenvalue weighted by molar-refractivity contribution is 4.84. The standard InChI is InChI=1S/C11H21N/c1-3-5-10-6-7-11(9-10)12-8-4-2/h3,10-12H,1,4-9H2,2H3. The fourth-order valence-corrected chi connectivity index (χ4v) is 2.06. The Morgan fingerprint density at radius 1 is 1.50 bits per heavy atom. The molecule has 12 heavy (non-hydrogen) atoms. The Morgan fingerprint density at radius 2 is 2.33 bits per heavy atom. The van der Waals surface area contributed by atoms with Gasteiger partial charge in [0.1, 0.15) is 0 Å². The third-order valence-corrected chi connectivity index (χ3v) is 2.72. The summed E-state index contributed by atoms with van der Waals surface area (Å²) in [7, 11) is 0. The molecule has 0 aromatic carbocycles. The van der Waals surface area contributed by atoms with Gasteiger partial charge in [-0.25, -0.2) is 0 Å². The van der Waals surface area contributed by atoms with Gasteiger partial charge in [0.2, 0.25) is 0 Å². The lowest BCUT2D eigenvalue weighted by atomic mass is 10.0. The average Bonchev–Trinajstić information content (AvgIpc) is 2.50. The Labute approximate surface area is 76.2 Å². The number of hydrogen-bond acceptors (Lipinski definition) is 1. The lowest BCUT2D eigenvalue weighted by Crippen LogP contribution is -2.26. The molecule has 0 amide bonds. The molecule has 0 aromatic heterocycles. The first-order chi connectivity index (χ1) is 5.86. The van der Waals surface area contributed by atoms with Crippen LogP contribution in [0.3, 0.4) is 0 Å². The van der Waals surface area contributed by atoms with Crippen LogP contribution in [0.4, 0.5) is 0 Å². The number of nitrogens with one attached hydrogen (secondary N) is 1. The number of rotatable bonds is 5. The van der Waals surface area contributed by atoms with Crippen molar-refractivity contribution in [2.45, 2.75) is 45.1 Å². The molecule has 0 heterocycles. The zero-order valence-corrected chi connectivity index (χ0v) is 8.18. The van der Waals surface area contributed by atoms with Gasteiger partial charge in [-0.2, -0.15) is 0 Å². The summed E-state index contributed by atoms with van der Waals surface area (Å²) in [6.45, 7) is 7.20. The quantitative estimate of drug-likeness (QED) is 0.621. The van der Waals surface area contributed by atoms with Gasteiger partial charge < -0.3 is 5.32 Å². The van der Waals surface area contributed by atoms with E-state index < -0.39 is 0 Å². The SMILES string of the molecule is C=CCC1CCC(NCCC)C1. The molecule has 70 valence electrons. The maximum Gasteiger partial charge on any atom is 0.00699 e. The molecule has 1 aliphatic carbocycles. The fraction of sp³-hybridized carbons (Fsp3) is 0.818. The highest BCUT2D eigenvalue weighted by atomic mass is 14.9. The Kier molecular flexibility index (Phi) is 4.37. The van der Waals surface area contributed by atoms with E-state index >= 15 is 0 Å². The minimum Gasteiger partial charge on any atom is -0.314 e. The van der Waals surface area contributed by atoms with Crippen LogP contribution in [0.5, 0.6) is 0 Å². The first-order valence-corrected chi connectivity index (χ1v) is 5.21. The summed E-state index contributed by atoms with van der Waals surface area (Å²) in [6, 6.07) is 0.801. The van der Waals surface area contributed by atoms with Crippen LogP contribution < -0.4 is 5.32 Å². The third kappa shape index (κ3) is 2.98. The lowest BCUT2D eigenvalue weighted by Gasteiger charge is -2.11.